The van der Waals surface area contributed by atoms with Crippen LogP contribution in [0.2, 0.25) is 0 Å². The van der Waals surface area contributed by atoms with Gasteiger partial charge in [0, 0.05) is 6.42 Å². The lowest BCUT2D eigenvalue weighted by atomic mass is 10.1. The molecule has 0 unspecified atom stereocenters. The standard InChI is InChI=1S/C15H20O4/c1-15(2)18-13(8-9-16)14(19-15)11-17-10-12-6-4-3-5-7-12/h3-7,9,13-14H,8,10-11H2,1-2H3/t13-,14+/m1/s1. The maximum Gasteiger partial charge on any atom is 0.163 e. The molecule has 0 amide bonds. The number of benzene rings is 1. The average molecular weight is 264 g/mol. The highest BCUT2D eigenvalue weighted by Gasteiger charge is 2.40. The third-order valence-corrected chi connectivity index (χ3v) is 3.01. The van der Waals surface area contributed by atoms with E-state index in [1.54, 1.807) is 0 Å². The van der Waals surface area contributed by atoms with E-state index in [9.17, 15) is 4.79 Å². The summed E-state index contributed by atoms with van der Waals surface area (Å²) in [6.45, 7) is 4.66. The SMILES string of the molecule is CC1(C)O[C@@H](COCc2ccccc2)[C@@H](CC=O)O1. The van der Waals surface area contributed by atoms with Crippen LogP contribution in [0.5, 0.6) is 0 Å². The lowest BCUT2D eigenvalue weighted by molar-refractivity contribution is -0.151. The van der Waals surface area contributed by atoms with Crippen molar-refractivity contribution < 1.29 is 19.0 Å². The van der Waals surface area contributed by atoms with Gasteiger partial charge < -0.3 is 19.0 Å². The lowest BCUT2D eigenvalue weighted by Crippen LogP contribution is -2.28. The molecule has 0 spiro atoms. The van der Waals surface area contributed by atoms with Gasteiger partial charge in [-0.25, -0.2) is 0 Å². The van der Waals surface area contributed by atoms with Crippen LogP contribution in [0.3, 0.4) is 0 Å². The van der Waals surface area contributed by atoms with Gasteiger partial charge in [0.1, 0.15) is 12.4 Å². The number of hydrogen-bond donors (Lipinski definition) is 0. The van der Waals surface area contributed by atoms with E-state index in [4.69, 9.17) is 14.2 Å². The van der Waals surface area contributed by atoms with Gasteiger partial charge in [-0.05, 0) is 19.4 Å². The smallest absolute Gasteiger partial charge is 0.163 e. The number of rotatable bonds is 6. The van der Waals surface area contributed by atoms with E-state index < -0.39 is 5.79 Å². The quantitative estimate of drug-likeness (QED) is 0.740. The Kier molecular flexibility index (Phi) is 4.69. The first-order chi connectivity index (χ1) is 9.11. The highest BCUT2D eigenvalue weighted by molar-refractivity contribution is 5.50. The van der Waals surface area contributed by atoms with Gasteiger partial charge in [0.2, 0.25) is 0 Å². The van der Waals surface area contributed by atoms with E-state index >= 15 is 0 Å². The molecule has 1 saturated heterocycles. The number of carbonyl (C=O) groups excluding carboxylic acids is 1. The van der Waals surface area contributed by atoms with Gasteiger partial charge in [0.15, 0.2) is 5.79 Å². The van der Waals surface area contributed by atoms with Crippen LogP contribution in [0.15, 0.2) is 30.3 Å². The molecule has 1 aliphatic rings. The van der Waals surface area contributed by atoms with E-state index in [0.29, 0.717) is 19.6 Å². The maximum atomic E-state index is 10.6. The topological polar surface area (TPSA) is 44.8 Å². The van der Waals surface area contributed by atoms with Gasteiger partial charge >= 0.3 is 0 Å². The van der Waals surface area contributed by atoms with E-state index in [-0.39, 0.29) is 12.2 Å². The molecule has 2 atom stereocenters. The zero-order valence-corrected chi connectivity index (χ0v) is 11.4. The van der Waals surface area contributed by atoms with Crippen LogP contribution in [0.4, 0.5) is 0 Å². The number of ether oxygens (including phenoxy) is 3. The van der Waals surface area contributed by atoms with Gasteiger partial charge in [-0.1, -0.05) is 30.3 Å². The molecular formula is C15H20O4. The molecule has 1 fully saturated rings. The molecule has 1 aromatic carbocycles. The fourth-order valence-corrected chi connectivity index (χ4v) is 2.21. The summed E-state index contributed by atoms with van der Waals surface area (Å²) >= 11 is 0. The summed E-state index contributed by atoms with van der Waals surface area (Å²) < 4.78 is 17.1. The molecule has 104 valence electrons. The Balaban J connectivity index is 1.82. The fourth-order valence-electron chi connectivity index (χ4n) is 2.21. The number of carbonyl (C=O) groups is 1. The normalized spacial score (nSPS) is 25.4. The first-order valence-electron chi connectivity index (χ1n) is 6.52. The minimum atomic E-state index is -0.644. The van der Waals surface area contributed by atoms with Crippen molar-refractivity contribution in [3.05, 3.63) is 35.9 Å². The van der Waals surface area contributed by atoms with Crippen molar-refractivity contribution in [2.45, 2.75) is 44.9 Å². The molecule has 4 nitrogen and oxygen atoms in total. The van der Waals surface area contributed by atoms with Crippen molar-refractivity contribution in [2.75, 3.05) is 6.61 Å². The maximum absolute atomic E-state index is 10.6. The van der Waals surface area contributed by atoms with E-state index in [1.165, 1.54) is 0 Å². The van der Waals surface area contributed by atoms with Crippen molar-refractivity contribution in [1.29, 1.82) is 0 Å². The third-order valence-electron chi connectivity index (χ3n) is 3.01. The summed E-state index contributed by atoms with van der Waals surface area (Å²) in [4.78, 5) is 10.6. The second-order valence-electron chi connectivity index (χ2n) is 5.12. The van der Waals surface area contributed by atoms with Crippen molar-refractivity contribution >= 4 is 6.29 Å². The second-order valence-corrected chi connectivity index (χ2v) is 5.12. The van der Waals surface area contributed by atoms with Crippen molar-refractivity contribution in [2.24, 2.45) is 0 Å². The van der Waals surface area contributed by atoms with Gasteiger partial charge in [0.25, 0.3) is 0 Å². The minimum Gasteiger partial charge on any atom is -0.374 e. The van der Waals surface area contributed by atoms with Crippen LogP contribution in [0.25, 0.3) is 0 Å². The molecule has 19 heavy (non-hydrogen) atoms. The first-order valence-corrected chi connectivity index (χ1v) is 6.52. The third kappa shape index (κ3) is 4.13. The van der Waals surface area contributed by atoms with Gasteiger partial charge in [-0.3, -0.25) is 0 Å². The van der Waals surface area contributed by atoms with Gasteiger partial charge in [0.05, 0.1) is 19.3 Å². The van der Waals surface area contributed by atoms with E-state index in [0.717, 1.165) is 11.8 Å². The molecule has 0 N–H and O–H groups in total. The predicted octanol–water partition coefficient (Wildman–Crippen LogP) is 2.31. The zero-order chi connectivity index (χ0) is 13.7. The van der Waals surface area contributed by atoms with Crippen LogP contribution < -0.4 is 0 Å². The van der Waals surface area contributed by atoms with Crippen molar-refractivity contribution in [1.82, 2.24) is 0 Å². The van der Waals surface area contributed by atoms with Crippen LogP contribution >= 0.6 is 0 Å². The Morgan fingerprint density at radius 2 is 1.89 bits per heavy atom. The Labute approximate surface area is 113 Å². The summed E-state index contributed by atoms with van der Waals surface area (Å²) in [5.41, 5.74) is 1.12. The summed E-state index contributed by atoms with van der Waals surface area (Å²) in [6.07, 6.45) is 0.787. The monoisotopic (exact) mass is 264 g/mol. The second kappa shape index (κ2) is 6.28. The summed E-state index contributed by atoms with van der Waals surface area (Å²) in [6, 6.07) is 9.95. The molecule has 0 bridgehead atoms. The van der Waals surface area contributed by atoms with E-state index in [1.807, 2.05) is 44.2 Å². The molecule has 2 rings (SSSR count). The molecule has 1 aromatic rings. The molecule has 0 aromatic heterocycles. The van der Waals surface area contributed by atoms with Crippen LogP contribution in [0.1, 0.15) is 25.8 Å². The number of hydrogen-bond acceptors (Lipinski definition) is 4. The largest absolute Gasteiger partial charge is 0.374 e. The number of aldehydes is 1. The molecular weight excluding hydrogens is 244 g/mol. The average Bonchev–Trinajstić information content (AvgIpc) is 2.66. The molecule has 1 aliphatic heterocycles. The first kappa shape index (κ1) is 14.2. The Morgan fingerprint density at radius 1 is 1.21 bits per heavy atom. The summed E-state index contributed by atoms with van der Waals surface area (Å²) in [5.74, 6) is -0.644. The Hall–Kier alpha value is -1.23. The molecule has 1 heterocycles. The highest BCUT2D eigenvalue weighted by atomic mass is 16.8. The summed E-state index contributed by atoms with van der Waals surface area (Å²) in [5, 5.41) is 0. The van der Waals surface area contributed by atoms with Crippen molar-refractivity contribution in [3.8, 4) is 0 Å². The molecule has 0 radical (unpaired) electrons. The van der Waals surface area contributed by atoms with Crippen molar-refractivity contribution in [3.63, 3.8) is 0 Å². The highest BCUT2D eigenvalue weighted by Crippen LogP contribution is 2.29. The van der Waals surface area contributed by atoms with Crippen LogP contribution in [-0.2, 0) is 25.6 Å². The summed E-state index contributed by atoms with van der Waals surface area (Å²) in [7, 11) is 0. The Morgan fingerprint density at radius 3 is 2.58 bits per heavy atom. The molecule has 4 heteroatoms. The fraction of sp³-hybridized carbons (Fsp3) is 0.533. The van der Waals surface area contributed by atoms with Gasteiger partial charge in [-0.15, -0.1) is 0 Å². The Bertz CT molecular complexity index is 402. The zero-order valence-electron chi connectivity index (χ0n) is 11.4. The minimum absolute atomic E-state index is 0.191. The predicted molar refractivity (Wildman–Crippen MR) is 70.6 cm³/mol. The van der Waals surface area contributed by atoms with Crippen LogP contribution in [-0.4, -0.2) is 30.9 Å². The van der Waals surface area contributed by atoms with Gasteiger partial charge in [-0.2, -0.15) is 0 Å². The lowest BCUT2D eigenvalue weighted by Gasteiger charge is -2.16. The molecule has 0 aliphatic carbocycles. The van der Waals surface area contributed by atoms with Crippen LogP contribution in [0, 0.1) is 0 Å². The van der Waals surface area contributed by atoms with E-state index in [2.05, 4.69) is 0 Å². The molecule has 0 saturated carbocycles.